The van der Waals surface area contributed by atoms with Gasteiger partial charge in [-0.25, -0.2) is 0 Å². The van der Waals surface area contributed by atoms with E-state index in [1.807, 2.05) is 19.1 Å². The summed E-state index contributed by atoms with van der Waals surface area (Å²) in [5.74, 6) is 0.746. The lowest BCUT2D eigenvalue weighted by Gasteiger charge is -2.41. The molecule has 5 heteroatoms. The summed E-state index contributed by atoms with van der Waals surface area (Å²) in [6.07, 6.45) is 4.05. The van der Waals surface area contributed by atoms with Gasteiger partial charge in [0.15, 0.2) is 5.75 Å². The minimum absolute atomic E-state index is 0.0347. The molecule has 3 heterocycles. The first kappa shape index (κ1) is 14.1. The number of fused-ring (bicyclic) bond motifs is 2. The van der Waals surface area contributed by atoms with E-state index in [1.165, 1.54) is 0 Å². The molecule has 5 nitrogen and oxygen atoms in total. The van der Waals surface area contributed by atoms with E-state index in [0.29, 0.717) is 13.2 Å². The molecule has 0 spiro atoms. The van der Waals surface area contributed by atoms with Crippen molar-refractivity contribution < 1.29 is 4.74 Å². The number of anilines is 1. The van der Waals surface area contributed by atoms with E-state index in [0.717, 1.165) is 39.2 Å². The summed E-state index contributed by atoms with van der Waals surface area (Å²) < 4.78 is 7.72. The Labute approximate surface area is 134 Å². The summed E-state index contributed by atoms with van der Waals surface area (Å²) in [5, 5.41) is 1.03. The van der Waals surface area contributed by atoms with Crippen molar-refractivity contribution in [2.45, 2.75) is 13.0 Å². The van der Waals surface area contributed by atoms with Gasteiger partial charge in [-0.1, -0.05) is 12.7 Å². The van der Waals surface area contributed by atoms with Gasteiger partial charge in [-0.3, -0.25) is 4.79 Å². The molecule has 1 aromatic heterocycles. The van der Waals surface area contributed by atoms with Gasteiger partial charge in [0.2, 0.25) is 0 Å². The standard InChI is InChI=1S/C18H19N3O2/c1-10-6-15(22)20(3)17-14(10)7-12-5-4-11(2)21-13(8-19)9-23-18(17)16(12)21/h4-7,13H,2,8-9,19H2,1,3H3/t13-/m0/s1. The number of benzene rings is 1. The summed E-state index contributed by atoms with van der Waals surface area (Å²) in [6.45, 7) is 7.06. The van der Waals surface area contributed by atoms with Crippen LogP contribution in [-0.4, -0.2) is 23.8 Å². The number of pyridine rings is 1. The molecule has 2 aliphatic heterocycles. The van der Waals surface area contributed by atoms with E-state index in [2.05, 4.69) is 17.5 Å². The van der Waals surface area contributed by atoms with Crippen molar-refractivity contribution in [2.75, 3.05) is 18.1 Å². The van der Waals surface area contributed by atoms with Crippen LogP contribution >= 0.6 is 0 Å². The van der Waals surface area contributed by atoms with Crippen molar-refractivity contribution in [3.8, 4) is 5.75 Å². The van der Waals surface area contributed by atoms with Crippen molar-refractivity contribution >= 4 is 22.7 Å². The van der Waals surface area contributed by atoms with Gasteiger partial charge in [-0.15, -0.1) is 0 Å². The molecule has 1 atom stereocenters. The normalized spacial score (nSPS) is 19.0. The van der Waals surface area contributed by atoms with Crippen LogP contribution in [0.15, 0.2) is 35.3 Å². The third-order valence-corrected chi connectivity index (χ3v) is 4.75. The predicted octanol–water partition coefficient (Wildman–Crippen LogP) is 1.91. The Morgan fingerprint density at radius 3 is 2.91 bits per heavy atom. The number of hydrogen-bond donors (Lipinski definition) is 1. The smallest absolute Gasteiger partial charge is 0.251 e. The van der Waals surface area contributed by atoms with Gasteiger partial charge in [0.25, 0.3) is 5.56 Å². The number of hydrogen-bond acceptors (Lipinski definition) is 4. The molecule has 0 radical (unpaired) electrons. The van der Waals surface area contributed by atoms with Crippen molar-refractivity contribution in [1.29, 1.82) is 0 Å². The molecule has 118 valence electrons. The third-order valence-electron chi connectivity index (χ3n) is 4.75. The molecule has 0 amide bonds. The highest BCUT2D eigenvalue weighted by atomic mass is 16.5. The van der Waals surface area contributed by atoms with Crippen LogP contribution in [0.4, 0.5) is 5.69 Å². The fourth-order valence-electron chi connectivity index (χ4n) is 3.53. The fraction of sp³-hybridized carbons (Fsp3) is 0.278. The largest absolute Gasteiger partial charge is 0.487 e. The van der Waals surface area contributed by atoms with E-state index in [9.17, 15) is 4.79 Å². The van der Waals surface area contributed by atoms with Crippen LogP contribution in [0.3, 0.4) is 0 Å². The SMILES string of the molecule is C=C1C=Cc2cc3c(C)cc(=O)n(C)c3c3c2N1[C@@H](CN)CO3. The zero-order valence-electron chi connectivity index (χ0n) is 13.3. The fourth-order valence-corrected chi connectivity index (χ4v) is 3.53. The van der Waals surface area contributed by atoms with E-state index in [-0.39, 0.29) is 11.6 Å². The monoisotopic (exact) mass is 309 g/mol. The lowest BCUT2D eigenvalue weighted by molar-refractivity contribution is 0.272. The molecular weight excluding hydrogens is 290 g/mol. The van der Waals surface area contributed by atoms with E-state index in [1.54, 1.807) is 17.7 Å². The van der Waals surface area contributed by atoms with E-state index in [4.69, 9.17) is 10.5 Å². The number of ether oxygens (including phenoxy) is 1. The molecule has 2 aliphatic rings. The van der Waals surface area contributed by atoms with Crippen LogP contribution < -0.4 is 20.9 Å². The molecule has 0 bridgehead atoms. The minimum atomic E-state index is -0.0347. The Morgan fingerprint density at radius 2 is 2.17 bits per heavy atom. The molecule has 1 aromatic carbocycles. The highest BCUT2D eigenvalue weighted by molar-refractivity contribution is 5.99. The molecule has 0 unspecified atom stereocenters. The number of nitrogens with two attached hydrogens (primary N) is 1. The number of aromatic nitrogens is 1. The van der Waals surface area contributed by atoms with Crippen LogP contribution in [0.5, 0.6) is 5.75 Å². The lowest BCUT2D eigenvalue weighted by atomic mass is 9.96. The Balaban J connectivity index is 2.16. The van der Waals surface area contributed by atoms with Crippen LogP contribution in [0, 0.1) is 6.92 Å². The van der Waals surface area contributed by atoms with E-state index >= 15 is 0 Å². The van der Waals surface area contributed by atoms with Crippen LogP contribution in [-0.2, 0) is 7.05 Å². The first-order chi connectivity index (χ1) is 11.0. The van der Waals surface area contributed by atoms with Gasteiger partial charge in [0.1, 0.15) is 6.61 Å². The first-order valence-electron chi connectivity index (χ1n) is 7.69. The highest BCUT2D eigenvalue weighted by Crippen LogP contribution is 2.46. The Hall–Kier alpha value is -2.53. The molecule has 0 saturated carbocycles. The zero-order chi connectivity index (χ0) is 16.3. The maximum absolute atomic E-state index is 12.2. The third kappa shape index (κ3) is 1.80. The van der Waals surface area contributed by atoms with Gasteiger partial charge in [-0.05, 0) is 24.6 Å². The molecule has 2 aromatic rings. The van der Waals surface area contributed by atoms with E-state index < -0.39 is 0 Å². The topological polar surface area (TPSA) is 60.5 Å². The summed E-state index contributed by atoms with van der Waals surface area (Å²) >= 11 is 0. The van der Waals surface area contributed by atoms with Crippen molar-refractivity contribution in [3.63, 3.8) is 0 Å². The molecule has 0 saturated heterocycles. The van der Waals surface area contributed by atoms with Gasteiger partial charge in [0.05, 0.1) is 17.2 Å². The number of allylic oxidation sites excluding steroid dienone is 1. The predicted molar refractivity (Wildman–Crippen MR) is 92.9 cm³/mol. The number of rotatable bonds is 1. The average molecular weight is 309 g/mol. The molecule has 23 heavy (non-hydrogen) atoms. The molecule has 0 fully saturated rings. The second-order valence-corrected chi connectivity index (χ2v) is 6.16. The van der Waals surface area contributed by atoms with Gasteiger partial charge < -0.3 is 19.9 Å². The molecule has 0 aliphatic carbocycles. The minimum Gasteiger partial charge on any atom is -0.487 e. The molecule has 4 rings (SSSR count). The van der Waals surface area contributed by atoms with Crippen molar-refractivity contribution in [2.24, 2.45) is 12.8 Å². The summed E-state index contributed by atoms with van der Waals surface area (Å²) in [5.41, 5.74) is 10.6. The highest BCUT2D eigenvalue weighted by Gasteiger charge is 2.33. The summed E-state index contributed by atoms with van der Waals surface area (Å²) in [6, 6.07) is 3.83. The average Bonchev–Trinajstić information content (AvgIpc) is 2.55. The first-order valence-corrected chi connectivity index (χ1v) is 7.69. The zero-order valence-corrected chi connectivity index (χ0v) is 13.3. The number of nitrogens with zero attached hydrogens (tertiary/aromatic N) is 2. The Kier molecular flexibility index (Phi) is 2.90. The Morgan fingerprint density at radius 1 is 1.39 bits per heavy atom. The van der Waals surface area contributed by atoms with Gasteiger partial charge >= 0.3 is 0 Å². The second kappa shape index (κ2) is 4.73. The van der Waals surface area contributed by atoms with Crippen molar-refractivity contribution in [1.82, 2.24) is 4.57 Å². The Bertz CT molecular complexity index is 940. The van der Waals surface area contributed by atoms with Crippen LogP contribution in [0.1, 0.15) is 11.1 Å². The molecule has 2 N–H and O–H groups in total. The number of aryl methyl sites for hydroxylation is 2. The maximum atomic E-state index is 12.2. The van der Waals surface area contributed by atoms with Gasteiger partial charge in [0, 0.05) is 36.3 Å². The quantitative estimate of drug-likeness (QED) is 0.874. The molecular formula is C18H19N3O2. The summed E-state index contributed by atoms with van der Waals surface area (Å²) in [4.78, 5) is 14.4. The van der Waals surface area contributed by atoms with Crippen molar-refractivity contribution in [3.05, 3.63) is 52.0 Å². The summed E-state index contributed by atoms with van der Waals surface area (Å²) in [7, 11) is 1.78. The maximum Gasteiger partial charge on any atom is 0.251 e. The van der Waals surface area contributed by atoms with Crippen LogP contribution in [0.2, 0.25) is 0 Å². The van der Waals surface area contributed by atoms with Gasteiger partial charge in [-0.2, -0.15) is 0 Å². The van der Waals surface area contributed by atoms with Crippen LogP contribution in [0.25, 0.3) is 17.0 Å². The lowest BCUT2D eigenvalue weighted by Crippen LogP contribution is -2.47. The second-order valence-electron chi connectivity index (χ2n) is 6.16.